The molecule has 0 spiro atoms. The van der Waals surface area contributed by atoms with Gasteiger partial charge in [-0.05, 0) is 59.2 Å². The number of carbonyl (C=O) groups is 2. The van der Waals surface area contributed by atoms with E-state index in [4.69, 9.17) is 28.0 Å². The summed E-state index contributed by atoms with van der Waals surface area (Å²) in [5, 5.41) is 11.8. The highest BCUT2D eigenvalue weighted by Gasteiger charge is 2.49. The van der Waals surface area contributed by atoms with Crippen molar-refractivity contribution in [3.8, 4) is 0 Å². The predicted molar refractivity (Wildman–Crippen MR) is 162 cm³/mol. The van der Waals surface area contributed by atoms with E-state index >= 15 is 0 Å². The molecule has 3 aromatic rings. The maximum Gasteiger partial charge on any atom is 0.255 e. The minimum absolute atomic E-state index is 0.0861. The summed E-state index contributed by atoms with van der Waals surface area (Å²) >= 11 is 14.4. The number of halogens is 2. The van der Waals surface area contributed by atoms with E-state index in [9.17, 15) is 23.1 Å². The number of thiophene rings is 1. The third-order valence-corrected chi connectivity index (χ3v) is 9.92. The van der Waals surface area contributed by atoms with Crippen molar-refractivity contribution in [2.75, 3.05) is 6.26 Å². The Hall–Kier alpha value is -2.51. The summed E-state index contributed by atoms with van der Waals surface area (Å²) < 4.78 is 27.4. The number of carbonyl (C=O) groups excluding carboxylic acids is 2. The third-order valence-electron chi connectivity index (χ3n) is 7.67. The van der Waals surface area contributed by atoms with Crippen LogP contribution in [0.15, 0.2) is 53.9 Å². The molecule has 5 rings (SSSR count). The number of hydroxylamine groups is 1. The number of nitrogens with zero attached hydrogens (tertiary/aromatic N) is 1. The monoisotopic (exact) mass is 651 g/mol. The number of benzene rings is 2. The molecule has 1 aromatic heterocycles. The molecule has 1 fully saturated rings. The van der Waals surface area contributed by atoms with Crippen molar-refractivity contribution < 1.29 is 28.0 Å². The summed E-state index contributed by atoms with van der Waals surface area (Å²) in [6.07, 6.45) is 3.77. The predicted octanol–water partition coefficient (Wildman–Crippen LogP) is 4.94. The van der Waals surface area contributed by atoms with Gasteiger partial charge in [-0.25, -0.2) is 18.6 Å². The van der Waals surface area contributed by atoms with E-state index in [-0.39, 0.29) is 24.1 Å². The van der Waals surface area contributed by atoms with Crippen molar-refractivity contribution in [1.82, 2.24) is 15.1 Å². The molecule has 2 aliphatic rings. The Bertz CT molecular complexity index is 1580. The van der Waals surface area contributed by atoms with Crippen LogP contribution in [0, 0.1) is 0 Å². The maximum absolute atomic E-state index is 14.3. The maximum atomic E-state index is 14.3. The van der Waals surface area contributed by atoms with E-state index in [0.717, 1.165) is 29.5 Å². The lowest BCUT2D eigenvalue weighted by Gasteiger charge is -2.49. The zero-order chi connectivity index (χ0) is 30.0. The molecule has 42 heavy (non-hydrogen) atoms. The van der Waals surface area contributed by atoms with Crippen LogP contribution in [0.5, 0.6) is 0 Å². The van der Waals surface area contributed by atoms with Crippen LogP contribution in [0.1, 0.15) is 69.6 Å². The molecule has 4 unspecified atom stereocenters. The van der Waals surface area contributed by atoms with Crippen LogP contribution in [-0.2, 0) is 32.9 Å². The average Bonchev–Trinajstić information content (AvgIpc) is 3.41. The van der Waals surface area contributed by atoms with Crippen molar-refractivity contribution in [2.45, 2.75) is 62.9 Å². The van der Waals surface area contributed by atoms with Gasteiger partial charge in [-0.1, -0.05) is 60.3 Å². The van der Waals surface area contributed by atoms with Crippen LogP contribution in [0.3, 0.4) is 0 Å². The number of amides is 2. The van der Waals surface area contributed by atoms with Gasteiger partial charge < -0.3 is 10.0 Å². The number of aliphatic hydroxyl groups excluding tert-OH is 1. The molecular formula is C29H31Cl2N3O6S2. The minimum Gasteiger partial charge on any atom is -0.392 e. The van der Waals surface area contributed by atoms with E-state index in [1.807, 2.05) is 5.38 Å². The molecule has 0 radical (unpaired) electrons. The minimum atomic E-state index is -3.58. The quantitative estimate of drug-likeness (QED) is 0.282. The summed E-state index contributed by atoms with van der Waals surface area (Å²) in [7, 11) is -3.58. The van der Waals surface area contributed by atoms with E-state index in [0.29, 0.717) is 34.6 Å². The largest absolute Gasteiger partial charge is 0.392 e. The molecule has 13 heteroatoms. The molecule has 1 aliphatic carbocycles. The normalized spacial score (nSPS) is 22.6. The van der Waals surface area contributed by atoms with Gasteiger partial charge in [-0.3, -0.25) is 14.4 Å². The molecule has 2 amide bonds. The number of hydrogen-bond donors (Lipinski definition) is 3. The molecular weight excluding hydrogens is 621 g/mol. The van der Waals surface area contributed by atoms with Crippen molar-refractivity contribution in [3.05, 3.63) is 91.1 Å². The first kappa shape index (κ1) is 30.9. The number of hydrogen-bond acceptors (Lipinski definition) is 7. The van der Waals surface area contributed by atoms with Gasteiger partial charge in [0.05, 0.1) is 24.8 Å². The van der Waals surface area contributed by atoms with Crippen LogP contribution in [0.25, 0.3) is 0 Å². The lowest BCUT2D eigenvalue weighted by atomic mass is 9.76. The molecule has 4 atom stereocenters. The Morgan fingerprint density at radius 2 is 1.88 bits per heavy atom. The lowest BCUT2D eigenvalue weighted by molar-refractivity contribution is -0.138. The molecule has 0 bridgehead atoms. The number of fused-ring (bicyclic) bond motifs is 1. The molecule has 2 aromatic carbocycles. The summed E-state index contributed by atoms with van der Waals surface area (Å²) in [4.78, 5) is 36.4. The standard InChI is InChI=1S/C29H31Cl2N3O6S2/c1-42(38,39)33-24-8-4-5-9-25(24)34-27(22-11-10-18(30)13-23(22)31)26(20-6-2-3-7-21(20)29(34)37)28(36)32-40-15-19-12-17(14-35)16-41-19/h2-3,6-7,10-13,16,24-27,33,35H,4-5,8-9,14-15H2,1H3,(H,32,36). The van der Waals surface area contributed by atoms with E-state index in [1.54, 1.807) is 53.4 Å². The number of nitrogens with one attached hydrogen (secondary N) is 2. The lowest BCUT2D eigenvalue weighted by Crippen LogP contribution is -2.59. The Balaban J connectivity index is 1.58. The first-order valence-corrected chi connectivity index (χ1v) is 17.0. The molecule has 224 valence electrons. The van der Waals surface area contributed by atoms with E-state index in [1.165, 1.54) is 11.3 Å². The van der Waals surface area contributed by atoms with Crippen molar-refractivity contribution >= 4 is 56.4 Å². The highest BCUT2D eigenvalue weighted by Crippen LogP contribution is 2.47. The van der Waals surface area contributed by atoms with Crippen LogP contribution >= 0.6 is 34.5 Å². The fourth-order valence-corrected chi connectivity index (χ4v) is 8.09. The summed E-state index contributed by atoms with van der Waals surface area (Å²) in [5.41, 5.74) is 4.71. The van der Waals surface area contributed by atoms with E-state index < -0.39 is 40.0 Å². The molecule has 9 nitrogen and oxygen atoms in total. The van der Waals surface area contributed by atoms with Crippen LogP contribution in [-0.4, -0.2) is 48.6 Å². The Morgan fingerprint density at radius 1 is 1.12 bits per heavy atom. The van der Waals surface area contributed by atoms with Gasteiger partial charge in [0.25, 0.3) is 11.8 Å². The van der Waals surface area contributed by atoms with Gasteiger partial charge in [0, 0.05) is 32.6 Å². The molecule has 0 saturated heterocycles. The fourth-order valence-electron chi connectivity index (χ4n) is 5.95. The van der Waals surface area contributed by atoms with E-state index in [2.05, 4.69) is 10.2 Å². The molecule has 1 aliphatic heterocycles. The Labute approximate surface area is 258 Å². The first-order chi connectivity index (χ1) is 20.1. The second-order valence-electron chi connectivity index (χ2n) is 10.6. The van der Waals surface area contributed by atoms with Gasteiger partial charge >= 0.3 is 0 Å². The second-order valence-corrected chi connectivity index (χ2v) is 14.2. The average molecular weight is 653 g/mol. The second kappa shape index (κ2) is 13.0. The van der Waals surface area contributed by atoms with Crippen LogP contribution in [0.4, 0.5) is 0 Å². The smallest absolute Gasteiger partial charge is 0.255 e. The SMILES string of the molecule is CS(=O)(=O)NC1CCCCC1N1C(=O)c2ccccc2C(C(=O)NOCc2cc(CO)cs2)C1c1ccc(Cl)cc1Cl. The van der Waals surface area contributed by atoms with Crippen molar-refractivity contribution in [1.29, 1.82) is 0 Å². The number of aliphatic hydroxyl groups is 1. The topological polar surface area (TPSA) is 125 Å². The van der Waals surface area contributed by atoms with Crippen molar-refractivity contribution in [2.24, 2.45) is 0 Å². The number of rotatable bonds is 9. The Kier molecular flexibility index (Phi) is 9.58. The summed E-state index contributed by atoms with van der Waals surface area (Å²) in [6.45, 7) is -0.00573. The van der Waals surface area contributed by atoms with Crippen LogP contribution < -0.4 is 10.2 Å². The van der Waals surface area contributed by atoms with Crippen LogP contribution in [0.2, 0.25) is 10.0 Å². The molecule has 2 heterocycles. The highest BCUT2D eigenvalue weighted by molar-refractivity contribution is 7.88. The van der Waals surface area contributed by atoms with Gasteiger partial charge in [-0.2, -0.15) is 0 Å². The number of sulfonamides is 1. The molecule has 3 N–H and O–H groups in total. The zero-order valence-electron chi connectivity index (χ0n) is 22.8. The summed E-state index contributed by atoms with van der Waals surface area (Å²) in [6, 6.07) is 11.7. The third kappa shape index (κ3) is 6.67. The highest BCUT2D eigenvalue weighted by atomic mass is 35.5. The van der Waals surface area contributed by atoms with Gasteiger partial charge in [-0.15, -0.1) is 11.3 Å². The van der Waals surface area contributed by atoms with Gasteiger partial charge in [0.2, 0.25) is 10.0 Å². The van der Waals surface area contributed by atoms with Crippen molar-refractivity contribution in [3.63, 3.8) is 0 Å². The van der Waals surface area contributed by atoms with Gasteiger partial charge in [0.15, 0.2) is 0 Å². The fraction of sp³-hybridized carbons (Fsp3) is 0.379. The first-order valence-electron chi connectivity index (χ1n) is 13.5. The molecule has 1 saturated carbocycles. The summed E-state index contributed by atoms with van der Waals surface area (Å²) in [5.74, 6) is -1.73. The zero-order valence-corrected chi connectivity index (χ0v) is 25.9. The van der Waals surface area contributed by atoms with Gasteiger partial charge in [0.1, 0.15) is 6.61 Å². The Morgan fingerprint density at radius 3 is 2.60 bits per heavy atom.